The molecule has 1 saturated carbocycles. The Kier molecular flexibility index (Phi) is 4.79. The minimum absolute atomic E-state index is 0.00229. The summed E-state index contributed by atoms with van der Waals surface area (Å²) in [5.41, 5.74) is 2.17. The van der Waals surface area contributed by atoms with Crippen molar-refractivity contribution in [2.24, 2.45) is 0 Å². The number of nitrogens with one attached hydrogen (secondary N) is 1. The molecule has 1 aromatic carbocycles. The van der Waals surface area contributed by atoms with Crippen LogP contribution in [-0.4, -0.2) is 27.6 Å². The summed E-state index contributed by atoms with van der Waals surface area (Å²) in [4.78, 5) is 30.5. The van der Waals surface area contributed by atoms with Gasteiger partial charge in [0.1, 0.15) is 5.69 Å². The van der Waals surface area contributed by atoms with Crippen molar-refractivity contribution in [1.82, 2.24) is 9.88 Å². The van der Waals surface area contributed by atoms with Gasteiger partial charge in [-0.25, -0.2) is 0 Å². The van der Waals surface area contributed by atoms with E-state index >= 15 is 0 Å². The molecule has 1 aromatic heterocycles. The molecule has 0 saturated heterocycles. The minimum atomic E-state index is -4.43. The fourth-order valence-electron chi connectivity index (χ4n) is 4.26. The molecule has 29 heavy (non-hydrogen) atoms. The Morgan fingerprint density at radius 2 is 1.97 bits per heavy atom. The SMILES string of the molecule is Cc1c(C(=O)N(C2CC2)[C@H](C)c2cccc(C(F)(F)F)c2)[nH]c2c1C(=O)CCC2. The Morgan fingerprint density at radius 1 is 1.24 bits per heavy atom. The second-order valence-corrected chi connectivity index (χ2v) is 8.00. The second-order valence-electron chi connectivity index (χ2n) is 8.00. The van der Waals surface area contributed by atoms with E-state index in [0.29, 0.717) is 28.8 Å². The monoisotopic (exact) mass is 404 g/mol. The average Bonchev–Trinajstić information content (AvgIpc) is 3.44. The number of alkyl halides is 3. The van der Waals surface area contributed by atoms with Crippen molar-refractivity contribution in [3.05, 3.63) is 57.9 Å². The predicted molar refractivity (Wildman–Crippen MR) is 102 cm³/mol. The molecule has 0 unspecified atom stereocenters. The average molecular weight is 404 g/mol. The van der Waals surface area contributed by atoms with Crippen molar-refractivity contribution >= 4 is 11.7 Å². The first-order chi connectivity index (χ1) is 13.7. The number of aromatic nitrogens is 1. The second kappa shape index (κ2) is 7.04. The van der Waals surface area contributed by atoms with Gasteiger partial charge in [0.15, 0.2) is 5.78 Å². The smallest absolute Gasteiger partial charge is 0.354 e. The quantitative estimate of drug-likeness (QED) is 0.759. The highest BCUT2D eigenvalue weighted by Crippen LogP contribution is 2.38. The van der Waals surface area contributed by atoms with E-state index in [9.17, 15) is 22.8 Å². The molecule has 1 fully saturated rings. The van der Waals surface area contributed by atoms with E-state index in [-0.39, 0.29) is 17.7 Å². The van der Waals surface area contributed by atoms with Crippen molar-refractivity contribution < 1.29 is 22.8 Å². The molecule has 2 aliphatic carbocycles. The lowest BCUT2D eigenvalue weighted by Gasteiger charge is -2.30. The van der Waals surface area contributed by atoms with E-state index in [2.05, 4.69) is 4.98 Å². The van der Waals surface area contributed by atoms with Gasteiger partial charge in [0.05, 0.1) is 11.6 Å². The number of rotatable bonds is 4. The summed E-state index contributed by atoms with van der Waals surface area (Å²) < 4.78 is 39.4. The van der Waals surface area contributed by atoms with Gasteiger partial charge < -0.3 is 9.88 Å². The predicted octanol–water partition coefficient (Wildman–Crippen LogP) is 5.23. The Morgan fingerprint density at radius 3 is 2.59 bits per heavy atom. The molecule has 4 rings (SSSR count). The normalized spacial score (nSPS) is 17.8. The summed E-state index contributed by atoms with van der Waals surface area (Å²) in [5.74, 6) is -0.208. The Balaban J connectivity index is 1.69. The summed E-state index contributed by atoms with van der Waals surface area (Å²) in [7, 11) is 0. The molecule has 0 bridgehead atoms. The van der Waals surface area contributed by atoms with Gasteiger partial charge in [-0.2, -0.15) is 13.2 Å². The number of H-pyrrole nitrogens is 1. The molecule has 1 amide bonds. The zero-order valence-corrected chi connectivity index (χ0v) is 16.4. The van der Waals surface area contributed by atoms with Crippen LogP contribution >= 0.6 is 0 Å². The summed E-state index contributed by atoms with van der Waals surface area (Å²) >= 11 is 0. The van der Waals surface area contributed by atoms with Crippen LogP contribution in [0, 0.1) is 6.92 Å². The zero-order chi connectivity index (χ0) is 20.9. The molecule has 4 nitrogen and oxygen atoms in total. The molecule has 0 radical (unpaired) electrons. The number of carbonyl (C=O) groups excluding carboxylic acids is 2. The maximum Gasteiger partial charge on any atom is 0.416 e. The van der Waals surface area contributed by atoms with Gasteiger partial charge >= 0.3 is 6.18 Å². The zero-order valence-electron chi connectivity index (χ0n) is 16.4. The van der Waals surface area contributed by atoms with Gasteiger partial charge in [0.25, 0.3) is 5.91 Å². The Labute approximate surface area is 167 Å². The molecule has 7 heteroatoms. The Bertz CT molecular complexity index is 973. The van der Waals surface area contributed by atoms with Crippen LogP contribution in [-0.2, 0) is 12.6 Å². The van der Waals surface area contributed by atoms with Crippen LogP contribution < -0.4 is 0 Å². The third kappa shape index (κ3) is 3.58. The fraction of sp³-hybridized carbons (Fsp3) is 0.455. The van der Waals surface area contributed by atoms with Gasteiger partial charge in [-0.15, -0.1) is 0 Å². The van der Waals surface area contributed by atoms with Crippen LogP contribution in [0.5, 0.6) is 0 Å². The summed E-state index contributed by atoms with van der Waals surface area (Å²) in [6.07, 6.45) is -0.818. The molecule has 0 spiro atoms. The van der Waals surface area contributed by atoms with Gasteiger partial charge in [0, 0.05) is 23.7 Å². The third-order valence-electron chi connectivity index (χ3n) is 5.94. The largest absolute Gasteiger partial charge is 0.416 e. The van der Waals surface area contributed by atoms with Crippen LogP contribution in [0.25, 0.3) is 0 Å². The number of ketones is 1. The lowest BCUT2D eigenvalue weighted by Crippen LogP contribution is -2.36. The molecular weight excluding hydrogens is 381 g/mol. The topological polar surface area (TPSA) is 53.2 Å². The van der Waals surface area contributed by atoms with Gasteiger partial charge in [-0.3, -0.25) is 9.59 Å². The number of hydrogen-bond donors (Lipinski definition) is 1. The highest BCUT2D eigenvalue weighted by molar-refractivity contribution is 6.04. The standard InChI is InChI=1S/C22H23F3N2O2/c1-12-19-17(7-4-8-18(19)28)26-20(12)21(29)27(16-9-10-16)13(2)14-5-3-6-15(11-14)22(23,24)25/h3,5-6,11,13,16,26H,4,7-10H2,1-2H3/t13-/m1/s1. The first-order valence-electron chi connectivity index (χ1n) is 9.93. The van der Waals surface area contributed by atoms with Crippen LogP contribution in [0.2, 0.25) is 0 Å². The molecule has 2 aliphatic rings. The number of carbonyl (C=O) groups is 2. The van der Waals surface area contributed by atoms with E-state index in [1.54, 1.807) is 24.8 Å². The molecular formula is C22H23F3N2O2. The minimum Gasteiger partial charge on any atom is -0.354 e. The van der Waals surface area contributed by atoms with Crippen molar-refractivity contribution in [2.75, 3.05) is 0 Å². The van der Waals surface area contributed by atoms with Gasteiger partial charge in [-0.1, -0.05) is 12.1 Å². The van der Waals surface area contributed by atoms with Crippen molar-refractivity contribution in [3.63, 3.8) is 0 Å². The number of nitrogens with zero attached hydrogens (tertiary/aromatic N) is 1. The Hall–Kier alpha value is -2.57. The molecule has 1 N–H and O–H groups in total. The van der Waals surface area contributed by atoms with Crippen LogP contribution in [0.1, 0.15) is 81.9 Å². The molecule has 0 aliphatic heterocycles. The van der Waals surface area contributed by atoms with E-state index in [1.807, 2.05) is 0 Å². The van der Waals surface area contributed by atoms with Crippen LogP contribution in [0.4, 0.5) is 13.2 Å². The van der Waals surface area contributed by atoms with Crippen molar-refractivity contribution in [3.8, 4) is 0 Å². The van der Waals surface area contributed by atoms with E-state index in [1.165, 1.54) is 6.07 Å². The number of hydrogen-bond acceptors (Lipinski definition) is 2. The first-order valence-corrected chi connectivity index (χ1v) is 9.93. The first kappa shape index (κ1) is 19.7. The van der Waals surface area contributed by atoms with Gasteiger partial charge in [0.2, 0.25) is 0 Å². The third-order valence-corrected chi connectivity index (χ3v) is 5.94. The summed E-state index contributed by atoms with van der Waals surface area (Å²) in [6, 6.07) is 4.65. The number of halogens is 3. The number of benzene rings is 1. The fourth-order valence-corrected chi connectivity index (χ4v) is 4.26. The summed E-state index contributed by atoms with van der Waals surface area (Å²) in [5, 5.41) is 0. The lowest BCUT2D eigenvalue weighted by atomic mass is 9.93. The van der Waals surface area contributed by atoms with Crippen molar-refractivity contribution in [2.45, 2.75) is 64.2 Å². The summed E-state index contributed by atoms with van der Waals surface area (Å²) in [6.45, 7) is 3.53. The number of aryl methyl sites for hydroxylation is 1. The molecule has 154 valence electrons. The van der Waals surface area contributed by atoms with E-state index in [0.717, 1.165) is 43.5 Å². The number of Topliss-reactive ketones (excluding diaryl/α,β-unsaturated/α-hetero) is 1. The lowest BCUT2D eigenvalue weighted by molar-refractivity contribution is -0.137. The maximum absolute atomic E-state index is 13.4. The number of amides is 1. The molecule has 1 heterocycles. The highest BCUT2D eigenvalue weighted by Gasteiger charge is 2.39. The highest BCUT2D eigenvalue weighted by atomic mass is 19.4. The number of fused-ring (bicyclic) bond motifs is 1. The molecule has 1 atom stereocenters. The maximum atomic E-state index is 13.4. The van der Waals surface area contributed by atoms with Crippen LogP contribution in [0.15, 0.2) is 24.3 Å². The van der Waals surface area contributed by atoms with E-state index < -0.39 is 17.8 Å². The van der Waals surface area contributed by atoms with Gasteiger partial charge in [-0.05, 0) is 62.8 Å². The molecule has 2 aromatic rings. The number of aromatic amines is 1. The van der Waals surface area contributed by atoms with Crippen molar-refractivity contribution in [1.29, 1.82) is 0 Å². The van der Waals surface area contributed by atoms with Crippen LogP contribution in [0.3, 0.4) is 0 Å². The van der Waals surface area contributed by atoms with E-state index in [4.69, 9.17) is 0 Å².